The summed E-state index contributed by atoms with van der Waals surface area (Å²) in [6, 6.07) is 3.80. The summed E-state index contributed by atoms with van der Waals surface area (Å²) in [7, 11) is 0. The standard InChI is InChI=1S/C7H10N2S.ClH/c8-7-2-1-3-9(6-7)4-5-10;/h1-3,6H,4-5,8H2;1H. The highest BCUT2D eigenvalue weighted by Gasteiger charge is 1.96. The number of aromatic nitrogens is 1. The molecular weight excluding hydrogens is 180 g/mol. The quantitative estimate of drug-likeness (QED) is 0.392. The Morgan fingerprint density at radius 1 is 1.55 bits per heavy atom. The van der Waals surface area contributed by atoms with Crippen molar-refractivity contribution in [2.45, 2.75) is 6.54 Å². The van der Waals surface area contributed by atoms with Gasteiger partial charge in [-0.15, -0.1) is 0 Å². The molecule has 1 heterocycles. The van der Waals surface area contributed by atoms with Crippen LogP contribution in [0.25, 0.3) is 0 Å². The zero-order valence-electron chi connectivity index (χ0n) is 6.07. The Morgan fingerprint density at radius 3 is 2.82 bits per heavy atom. The summed E-state index contributed by atoms with van der Waals surface area (Å²) in [6.45, 7) is 0.911. The molecule has 0 bridgehead atoms. The fourth-order valence-corrected chi connectivity index (χ4v) is 1.03. The van der Waals surface area contributed by atoms with E-state index in [1.54, 1.807) is 0 Å². The molecule has 11 heavy (non-hydrogen) atoms. The predicted molar refractivity (Wildman–Crippen MR) is 44.9 cm³/mol. The maximum atomic E-state index is 5.54. The summed E-state index contributed by atoms with van der Waals surface area (Å²) < 4.78 is 2.02. The number of nitrogens with zero attached hydrogens (tertiary/aromatic N) is 1. The molecule has 4 heteroatoms. The molecule has 0 fully saturated rings. The van der Waals surface area contributed by atoms with Crippen LogP contribution in [0.2, 0.25) is 0 Å². The molecule has 0 unspecified atom stereocenters. The zero-order valence-corrected chi connectivity index (χ0v) is 7.72. The first-order chi connectivity index (χ1) is 4.83. The second kappa shape index (κ2) is 5.27. The number of nitrogen functional groups attached to an aromatic ring is 1. The molecule has 0 aliphatic rings. The lowest BCUT2D eigenvalue weighted by molar-refractivity contribution is -0.691. The number of anilines is 1. The molecule has 1 rings (SSSR count). The summed E-state index contributed by atoms with van der Waals surface area (Å²) in [5.74, 6) is 0.841. The highest BCUT2D eigenvalue weighted by molar-refractivity contribution is 7.80. The monoisotopic (exact) mass is 190 g/mol. The molecule has 2 nitrogen and oxygen atoms in total. The van der Waals surface area contributed by atoms with Crippen molar-refractivity contribution in [2.24, 2.45) is 0 Å². The van der Waals surface area contributed by atoms with Gasteiger partial charge in [-0.05, 0) is 6.07 Å². The van der Waals surface area contributed by atoms with Gasteiger partial charge in [-0.25, -0.2) is 4.57 Å². The smallest absolute Gasteiger partial charge is 0.191 e. The third kappa shape index (κ3) is 3.49. The van der Waals surface area contributed by atoms with Crippen molar-refractivity contribution >= 4 is 18.3 Å². The second-order valence-corrected chi connectivity index (χ2v) is 2.55. The first-order valence-corrected chi connectivity index (χ1v) is 3.81. The molecule has 0 radical (unpaired) electrons. The Balaban J connectivity index is 0.000001000. The van der Waals surface area contributed by atoms with E-state index in [0.29, 0.717) is 0 Å². The van der Waals surface area contributed by atoms with Crippen LogP contribution in [0.15, 0.2) is 24.5 Å². The van der Waals surface area contributed by atoms with Crippen LogP contribution in [0.3, 0.4) is 0 Å². The van der Waals surface area contributed by atoms with Gasteiger partial charge in [0.05, 0.1) is 5.69 Å². The van der Waals surface area contributed by atoms with Gasteiger partial charge in [0.25, 0.3) is 0 Å². The number of aryl methyl sites for hydroxylation is 1. The lowest BCUT2D eigenvalue weighted by Crippen LogP contribution is -3.00. The van der Waals surface area contributed by atoms with E-state index < -0.39 is 0 Å². The van der Waals surface area contributed by atoms with Crippen molar-refractivity contribution < 1.29 is 17.0 Å². The molecule has 0 saturated carbocycles. The maximum Gasteiger partial charge on any atom is 0.191 e. The lowest BCUT2D eigenvalue weighted by atomic mass is 10.4. The largest absolute Gasteiger partial charge is 1.00 e. The van der Waals surface area contributed by atoms with Crippen LogP contribution in [0, 0.1) is 0 Å². The van der Waals surface area contributed by atoms with Crippen molar-refractivity contribution in [1.29, 1.82) is 0 Å². The van der Waals surface area contributed by atoms with Crippen LogP contribution in [-0.2, 0) is 6.54 Å². The van der Waals surface area contributed by atoms with Crippen molar-refractivity contribution in [1.82, 2.24) is 0 Å². The Morgan fingerprint density at radius 2 is 2.27 bits per heavy atom. The van der Waals surface area contributed by atoms with Gasteiger partial charge in [-0.3, -0.25) is 0 Å². The minimum Gasteiger partial charge on any atom is -1.00 e. The van der Waals surface area contributed by atoms with Crippen molar-refractivity contribution in [3.05, 3.63) is 24.5 Å². The second-order valence-electron chi connectivity index (χ2n) is 2.10. The lowest BCUT2D eigenvalue weighted by Gasteiger charge is -1.92. The van der Waals surface area contributed by atoms with Crippen molar-refractivity contribution in [3.8, 4) is 0 Å². The van der Waals surface area contributed by atoms with E-state index >= 15 is 0 Å². The first-order valence-electron chi connectivity index (χ1n) is 3.18. The minimum atomic E-state index is 0. The Bertz CT molecular complexity index is 217. The van der Waals surface area contributed by atoms with E-state index in [-0.39, 0.29) is 12.4 Å². The molecular formula is C7H11ClN2S. The SMILES string of the molecule is Nc1ccc[n+](CCS)c1.[Cl-]. The number of nitrogens with two attached hydrogens (primary N) is 1. The summed E-state index contributed by atoms with van der Waals surface area (Å²) in [6.07, 6.45) is 3.88. The number of rotatable bonds is 2. The van der Waals surface area contributed by atoms with Gasteiger partial charge in [-0.1, -0.05) is 0 Å². The highest BCUT2D eigenvalue weighted by Crippen LogP contribution is 1.92. The predicted octanol–water partition coefficient (Wildman–Crippen LogP) is -2.51. The molecule has 0 saturated heterocycles. The average molecular weight is 191 g/mol. The van der Waals surface area contributed by atoms with E-state index in [0.717, 1.165) is 18.0 Å². The van der Waals surface area contributed by atoms with Gasteiger partial charge in [-0.2, -0.15) is 12.6 Å². The molecule has 2 N–H and O–H groups in total. The van der Waals surface area contributed by atoms with Crippen LogP contribution in [0.5, 0.6) is 0 Å². The number of thiol groups is 1. The first kappa shape index (κ1) is 10.6. The molecule has 0 aliphatic carbocycles. The van der Waals surface area contributed by atoms with Crippen molar-refractivity contribution in [2.75, 3.05) is 11.5 Å². The third-order valence-corrected chi connectivity index (χ3v) is 1.44. The van der Waals surface area contributed by atoms with Crippen LogP contribution in [-0.4, -0.2) is 5.75 Å². The molecule has 1 aromatic rings. The van der Waals surface area contributed by atoms with Crippen LogP contribution < -0.4 is 22.7 Å². The zero-order chi connectivity index (χ0) is 7.40. The molecule has 0 aromatic carbocycles. The van der Waals surface area contributed by atoms with E-state index in [1.807, 2.05) is 29.1 Å². The van der Waals surface area contributed by atoms with E-state index in [2.05, 4.69) is 12.6 Å². The van der Waals surface area contributed by atoms with Crippen molar-refractivity contribution in [3.63, 3.8) is 0 Å². The Labute approximate surface area is 78.2 Å². The number of hydrogen-bond acceptors (Lipinski definition) is 2. The van der Waals surface area contributed by atoms with Crippen LogP contribution in [0.4, 0.5) is 5.69 Å². The average Bonchev–Trinajstić information content (AvgIpc) is 1.88. The number of hydrogen-bond donors (Lipinski definition) is 2. The van der Waals surface area contributed by atoms with E-state index in [1.165, 1.54) is 0 Å². The molecule has 62 valence electrons. The van der Waals surface area contributed by atoms with Gasteiger partial charge in [0, 0.05) is 11.8 Å². The third-order valence-electron chi connectivity index (χ3n) is 1.24. The summed E-state index contributed by atoms with van der Waals surface area (Å²) in [4.78, 5) is 0. The van der Waals surface area contributed by atoms with Gasteiger partial charge >= 0.3 is 0 Å². The van der Waals surface area contributed by atoms with E-state index in [9.17, 15) is 0 Å². The Kier molecular flexibility index (Phi) is 5.07. The Hall–Kier alpha value is -0.410. The molecule has 1 aromatic heterocycles. The van der Waals surface area contributed by atoms with Gasteiger partial charge in [0.15, 0.2) is 18.9 Å². The summed E-state index contributed by atoms with van der Waals surface area (Å²) in [5, 5.41) is 0. The highest BCUT2D eigenvalue weighted by atomic mass is 35.5. The van der Waals surface area contributed by atoms with Gasteiger partial charge in [0.1, 0.15) is 0 Å². The summed E-state index contributed by atoms with van der Waals surface area (Å²) >= 11 is 4.10. The molecule has 0 spiro atoms. The topological polar surface area (TPSA) is 29.9 Å². The molecule has 0 aliphatic heterocycles. The van der Waals surface area contributed by atoms with Gasteiger partial charge < -0.3 is 18.1 Å². The van der Waals surface area contributed by atoms with Crippen LogP contribution in [0.1, 0.15) is 0 Å². The molecule has 0 amide bonds. The minimum absolute atomic E-state index is 0. The fraction of sp³-hybridized carbons (Fsp3) is 0.286. The van der Waals surface area contributed by atoms with Gasteiger partial charge in [0.2, 0.25) is 0 Å². The number of halogens is 1. The maximum absolute atomic E-state index is 5.54. The fourth-order valence-electron chi connectivity index (χ4n) is 0.797. The van der Waals surface area contributed by atoms with Crippen LogP contribution >= 0.6 is 12.6 Å². The normalized spacial score (nSPS) is 8.82. The number of pyridine rings is 1. The summed E-state index contributed by atoms with van der Waals surface area (Å²) in [5.41, 5.74) is 6.34. The van der Waals surface area contributed by atoms with E-state index in [4.69, 9.17) is 5.73 Å². The molecule has 0 atom stereocenters.